The monoisotopic (exact) mass is 365 g/mol. The lowest BCUT2D eigenvalue weighted by Crippen LogP contribution is -2.29. The van der Waals surface area contributed by atoms with Crippen LogP contribution in [0, 0.1) is 0 Å². The van der Waals surface area contributed by atoms with E-state index in [1.165, 1.54) is 5.48 Å². The fourth-order valence-corrected chi connectivity index (χ4v) is 1.60. The summed E-state index contributed by atoms with van der Waals surface area (Å²) in [6, 6.07) is 2.46. The first-order valence-corrected chi connectivity index (χ1v) is 5.65. The lowest BCUT2D eigenvalue weighted by molar-refractivity contribution is -0.184. The number of carbonyl (C=O) groups is 1. The molecule has 0 radical (unpaired) electrons. The van der Waals surface area contributed by atoms with Crippen molar-refractivity contribution in [3.63, 3.8) is 0 Å². The second-order valence-corrected chi connectivity index (χ2v) is 4.38. The molecule has 1 rings (SSSR count). The van der Waals surface area contributed by atoms with E-state index in [4.69, 9.17) is 0 Å². The summed E-state index contributed by atoms with van der Waals surface area (Å²) in [5, 5.41) is 0. The molecule has 0 aliphatic carbocycles. The number of hydrogen-bond donors (Lipinski definition) is 1. The normalized spacial score (nSPS) is 12.3. The minimum Gasteiger partial charge on any atom is -0.267 e. The van der Waals surface area contributed by atoms with E-state index < -0.39 is 36.0 Å². The highest BCUT2D eigenvalue weighted by molar-refractivity contribution is 9.10. The molecule has 0 unspecified atom stereocenters. The van der Waals surface area contributed by atoms with E-state index in [-0.39, 0.29) is 4.47 Å². The summed E-state index contributed by atoms with van der Waals surface area (Å²) in [5.74, 6) is -1.22. The molecule has 10 heteroatoms. The Morgan fingerprint density at radius 3 is 2.30 bits per heavy atom. The van der Waals surface area contributed by atoms with Crippen LogP contribution >= 0.6 is 15.9 Å². The number of halogens is 7. The molecule has 0 saturated heterocycles. The molecule has 1 N–H and O–H groups in total. The SMILES string of the molecule is O=C(NOCC(F)(F)F)c1ccc(Br)c(C(F)(F)F)c1. The van der Waals surface area contributed by atoms with Gasteiger partial charge in [0.1, 0.15) is 0 Å². The van der Waals surface area contributed by atoms with Crippen molar-refractivity contribution in [3.05, 3.63) is 33.8 Å². The first kappa shape index (κ1) is 16.8. The number of nitrogens with one attached hydrogen (secondary N) is 1. The third-order valence-corrected chi connectivity index (χ3v) is 2.63. The van der Waals surface area contributed by atoms with Crippen molar-refractivity contribution in [2.75, 3.05) is 6.61 Å². The Kier molecular flexibility index (Phi) is 5.03. The highest BCUT2D eigenvalue weighted by atomic mass is 79.9. The summed E-state index contributed by atoms with van der Waals surface area (Å²) < 4.78 is 72.6. The fourth-order valence-electron chi connectivity index (χ4n) is 1.13. The van der Waals surface area contributed by atoms with Crippen molar-refractivity contribution in [1.82, 2.24) is 5.48 Å². The fraction of sp³-hybridized carbons (Fsp3) is 0.300. The average molecular weight is 366 g/mol. The second kappa shape index (κ2) is 6.00. The Morgan fingerprint density at radius 1 is 1.20 bits per heavy atom. The number of amides is 1. The Hall–Kier alpha value is -1.29. The third kappa shape index (κ3) is 5.00. The Bertz CT molecular complexity index is 500. The zero-order chi connectivity index (χ0) is 15.6. The number of carbonyl (C=O) groups excluding carboxylic acids is 1. The summed E-state index contributed by atoms with van der Waals surface area (Å²) in [5.41, 5.74) is -0.196. The molecule has 0 aliphatic heterocycles. The lowest BCUT2D eigenvalue weighted by Gasteiger charge is -2.12. The standard InChI is InChI=1S/C10H6BrF6NO2/c11-7-2-1-5(3-6(7)10(15,16)17)8(19)18-20-4-9(12,13)14/h1-3H,4H2,(H,18,19). The van der Waals surface area contributed by atoms with E-state index in [0.717, 1.165) is 12.1 Å². The molecule has 20 heavy (non-hydrogen) atoms. The molecule has 1 aromatic carbocycles. The molecule has 3 nitrogen and oxygen atoms in total. The third-order valence-electron chi connectivity index (χ3n) is 1.93. The van der Waals surface area contributed by atoms with E-state index in [1.54, 1.807) is 0 Å². The molecule has 0 atom stereocenters. The molecule has 0 bridgehead atoms. The Morgan fingerprint density at radius 2 is 1.80 bits per heavy atom. The minimum atomic E-state index is -4.71. The van der Waals surface area contributed by atoms with Crippen LogP contribution in [0.3, 0.4) is 0 Å². The van der Waals surface area contributed by atoms with Crippen molar-refractivity contribution in [1.29, 1.82) is 0 Å². The van der Waals surface area contributed by atoms with Gasteiger partial charge in [0.15, 0.2) is 6.61 Å². The van der Waals surface area contributed by atoms with Crippen LogP contribution in [-0.4, -0.2) is 18.7 Å². The minimum absolute atomic E-state index is 0.294. The maximum atomic E-state index is 12.6. The van der Waals surface area contributed by atoms with Crippen molar-refractivity contribution in [2.45, 2.75) is 12.4 Å². The molecule has 112 valence electrons. The smallest absolute Gasteiger partial charge is 0.267 e. The highest BCUT2D eigenvalue weighted by Crippen LogP contribution is 2.35. The first-order valence-electron chi connectivity index (χ1n) is 4.86. The molecule has 0 aliphatic rings. The van der Waals surface area contributed by atoms with Gasteiger partial charge in [0.2, 0.25) is 0 Å². The van der Waals surface area contributed by atoms with E-state index >= 15 is 0 Å². The molecule has 0 fully saturated rings. The zero-order valence-corrected chi connectivity index (χ0v) is 11.0. The zero-order valence-electron chi connectivity index (χ0n) is 9.40. The molecule has 0 saturated carbocycles. The van der Waals surface area contributed by atoms with Crippen LogP contribution < -0.4 is 5.48 Å². The van der Waals surface area contributed by atoms with Gasteiger partial charge in [-0.25, -0.2) is 5.48 Å². The first-order chi connectivity index (χ1) is 9.00. The van der Waals surface area contributed by atoms with E-state index in [1.807, 2.05) is 0 Å². The Labute approximate surface area is 117 Å². The average Bonchev–Trinajstić information content (AvgIpc) is 2.26. The van der Waals surface area contributed by atoms with Crippen LogP contribution in [0.5, 0.6) is 0 Å². The van der Waals surface area contributed by atoms with E-state index in [2.05, 4.69) is 20.8 Å². The lowest BCUT2D eigenvalue weighted by atomic mass is 10.1. The molecule has 0 aromatic heterocycles. The van der Waals surface area contributed by atoms with Gasteiger partial charge in [-0.05, 0) is 18.2 Å². The van der Waals surface area contributed by atoms with Gasteiger partial charge in [0.05, 0.1) is 5.56 Å². The van der Waals surface area contributed by atoms with Crippen LogP contribution in [0.2, 0.25) is 0 Å². The summed E-state index contributed by atoms with van der Waals surface area (Å²) >= 11 is 2.66. The number of alkyl halides is 6. The van der Waals surface area contributed by atoms with Crippen molar-refractivity contribution in [3.8, 4) is 0 Å². The highest BCUT2D eigenvalue weighted by Gasteiger charge is 2.34. The van der Waals surface area contributed by atoms with E-state index in [9.17, 15) is 31.1 Å². The van der Waals surface area contributed by atoms with Crippen LogP contribution in [-0.2, 0) is 11.0 Å². The second-order valence-electron chi connectivity index (χ2n) is 3.53. The van der Waals surface area contributed by atoms with Gasteiger partial charge in [0, 0.05) is 10.0 Å². The summed E-state index contributed by atoms with van der Waals surface area (Å²) in [6.07, 6.45) is -9.37. The number of rotatable bonds is 3. The van der Waals surface area contributed by atoms with Crippen LogP contribution in [0.15, 0.2) is 22.7 Å². The van der Waals surface area contributed by atoms with Crippen LogP contribution in [0.25, 0.3) is 0 Å². The molecule has 0 spiro atoms. The molecule has 0 heterocycles. The quantitative estimate of drug-likeness (QED) is 0.655. The maximum Gasteiger partial charge on any atom is 0.417 e. The van der Waals surface area contributed by atoms with E-state index in [0.29, 0.717) is 6.07 Å². The van der Waals surface area contributed by atoms with Crippen molar-refractivity contribution >= 4 is 21.8 Å². The molecular weight excluding hydrogens is 360 g/mol. The predicted molar refractivity (Wildman–Crippen MR) is 58.6 cm³/mol. The number of benzene rings is 1. The molecule has 1 aromatic rings. The maximum absolute atomic E-state index is 12.6. The summed E-state index contributed by atoms with van der Waals surface area (Å²) in [4.78, 5) is 15.2. The van der Waals surface area contributed by atoms with Gasteiger partial charge in [-0.15, -0.1) is 0 Å². The van der Waals surface area contributed by atoms with Crippen LogP contribution in [0.4, 0.5) is 26.3 Å². The largest absolute Gasteiger partial charge is 0.417 e. The molecule has 1 amide bonds. The summed E-state index contributed by atoms with van der Waals surface area (Å²) in [7, 11) is 0. The summed E-state index contributed by atoms with van der Waals surface area (Å²) in [6.45, 7) is -1.75. The van der Waals surface area contributed by atoms with Crippen molar-refractivity contribution in [2.24, 2.45) is 0 Å². The van der Waals surface area contributed by atoms with Gasteiger partial charge in [0.25, 0.3) is 5.91 Å². The number of hydroxylamine groups is 1. The van der Waals surface area contributed by atoms with Gasteiger partial charge in [-0.1, -0.05) is 15.9 Å². The number of hydrogen-bond acceptors (Lipinski definition) is 2. The predicted octanol–water partition coefficient (Wildman–Crippen LogP) is 3.69. The van der Waals surface area contributed by atoms with Crippen molar-refractivity contribution < 1.29 is 36.0 Å². The van der Waals surface area contributed by atoms with Gasteiger partial charge in [-0.3, -0.25) is 9.63 Å². The van der Waals surface area contributed by atoms with Gasteiger partial charge >= 0.3 is 12.4 Å². The molecular formula is C10H6BrF6NO2. The van der Waals surface area contributed by atoms with Gasteiger partial charge in [-0.2, -0.15) is 26.3 Å². The Balaban J connectivity index is 2.80. The van der Waals surface area contributed by atoms with Crippen LogP contribution in [0.1, 0.15) is 15.9 Å². The topological polar surface area (TPSA) is 38.3 Å². The van der Waals surface area contributed by atoms with Gasteiger partial charge < -0.3 is 0 Å².